The maximum atomic E-state index is 12.9. The number of nitrogens with zero attached hydrogens (tertiary/aromatic N) is 2. The number of carbonyl (C=O) groups excluding carboxylic acids is 2. The van der Waals surface area contributed by atoms with Gasteiger partial charge in [0.2, 0.25) is 11.8 Å². The van der Waals surface area contributed by atoms with Crippen LogP contribution in [0.1, 0.15) is 31.7 Å². The Morgan fingerprint density at radius 1 is 1.33 bits per heavy atom. The molecule has 0 N–H and O–H groups in total. The van der Waals surface area contributed by atoms with Crippen molar-refractivity contribution >= 4 is 11.8 Å². The summed E-state index contributed by atoms with van der Waals surface area (Å²) in [7, 11) is 0. The first kappa shape index (κ1) is 18.2. The second kappa shape index (κ2) is 9.26. The van der Waals surface area contributed by atoms with Crippen molar-refractivity contribution in [3.05, 3.63) is 48.6 Å². The average molecular weight is 328 g/mol. The topological polar surface area (TPSA) is 40.6 Å². The van der Waals surface area contributed by atoms with Crippen molar-refractivity contribution < 1.29 is 9.59 Å². The van der Waals surface area contributed by atoms with Gasteiger partial charge in [0.15, 0.2) is 0 Å². The van der Waals surface area contributed by atoms with Gasteiger partial charge in [-0.15, -0.1) is 6.58 Å². The molecule has 1 saturated heterocycles. The lowest BCUT2D eigenvalue weighted by molar-refractivity contribution is -0.140. The van der Waals surface area contributed by atoms with E-state index >= 15 is 0 Å². The van der Waals surface area contributed by atoms with Gasteiger partial charge in [-0.3, -0.25) is 9.59 Å². The Bertz CT molecular complexity index is 556. The van der Waals surface area contributed by atoms with E-state index in [1.165, 1.54) is 5.56 Å². The molecule has 1 aromatic rings. The van der Waals surface area contributed by atoms with Crippen LogP contribution in [0.15, 0.2) is 43.0 Å². The highest BCUT2D eigenvalue weighted by atomic mass is 16.2. The summed E-state index contributed by atoms with van der Waals surface area (Å²) in [5, 5.41) is 0. The lowest BCUT2D eigenvalue weighted by Crippen LogP contribution is -2.47. The van der Waals surface area contributed by atoms with Crippen LogP contribution >= 0.6 is 0 Å². The van der Waals surface area contributed by atoms with Crippen LogP contribution in [-0.2, 0) is 16.0 Å². The van der Waals surface area contributed by atoms with Crippen molar-refractivity contribution in [1.82, 2.24) is 9.80 Å². The molecule has 1 aromatic carbocycles. The Morgan fingerprint density at radius 2 is 2.08 bits per heavy atom. The predicted molar refractivity (Wildman–Crippen MR) is 96.5 cm³/mol. The third kappa shape index (κ3) is 4.95. The summed E-state index contributed by atoms with van der Waals surface area (Å²) in [6, 6.07) is 10.2. The maximum Gasteiger partial charge on any atom is 0.227 e. The highest BCUT2D eigenvalue weighted by Crippen LogP contribution is 2.20. The molecule has 1 heterocycles. The fourth-order valence-electron chi connectivity index (χ4n) is 3.24. The van der Waals surface area contributed by atoms with Gasteiger partial charge in [0.1, 0.15) is 0 Å². The third-order valence-corrected chi connectivity index (χ3v) is 4.60. The Kier molecular flexibility index (Phi) is 7.04. The van der Waals surface area contributed by atoms with Crippen molar-refractivity contribution in [3.8, 4) is 0 Å². The molecule has 0 unspecified atom stereocenters. The lowest BCUT2D eigenvalue weighted by Gasteiger charge is -2.34. The SMILES string of the molecule is C=CCN(CCc1ccccc1)C(=O)[C@H]1CCCN(C(=O)CC)C1. The van der Waals surface area contributed by atoms with Crippen LogP contribution < -0.4 is 0 Å². The van der Waals surface area contributed by atoms with Gasteiger partial charge in [0.25, 0.3) is 0 Å². The quantitative estimate of drug-likeness (QED) is 0.722. The molecule has 4 nitrogen and oxygen atoms in total. The molecule has 0 aliphatic carbocycles. The normalized spacial score (nSPS) is 17.4. The molecule has 130 valence electrons. The second-order valence-corrected chi connectivity index (χ2v) is 6.34. The van der Waals surface area contributed by atoms with Crippen LogP contribution in [0.2, 0.25) is 0 Å². The highest BCUT2D eigenvalue weighted by Gasteiger charge is 2.30. The molecule has 0 aromatic heterocycles. The number of benzene rings is 1. The average Bonchev–Trinajstić information content (AvgIpc) is 2.64. The molecule has 4 heteroatoms. The van der Waals surface area contributed by atoms with Gasteiger partial charge in [-0.1, -0.05) is 43.3 Å². The number of carbonyl (C=O) groups is 2. The van der Waals surface area contributed by atoms with Crippen LogP contribution in [0.5, 0.6) is 0 Å². The Labute approximate surface area is 145 Å². The number of hydrogen-bond acceptors (Lipinski definition) is 2. The van der Waals surface area contributed by atoms with E-state index < -0.39 is 0 Å². The third-order valence-electron chi connectivity index (χ3n) is 4.60. The zero-order valence-electron chi connectivity index (χ0n) is 14.6. The number of likely N-dealkylation sites (tertiary alicyclic amines) is 1. The van der Waals surface area contributed by atoms with Gasteiger partial charge in [0.05, 0.1) is 5.92 Å². The van der Waals surface area contributed by atoms with Crippen LogP contribution in [0.4, 0.5) is 0 Å². The Morgan fingerprint density at radius 3 is 2.75 bits per heavy atom. The van der Waals surface area contributed by atoms with Crippen molar-refractivity contribution in [3.63, 3.8) is 0 Å². The highest BCUT2D eigenvalue weighted by molar-refractivity contribution is 5.81. The van der Waals surface area contributed by atoms with E-state index in [2.05, 4.69) is 18.7 Å². The number of rotatable bonds is 7. The molecule has 1 aliphatic rings. The molecular formula is C20H28N2O2. The van der Waals surface area contributed by atoms with E-state index in [1.54, 1.807) is 6.08 Å². The smallest absolute Gasteiger partial charge is 0.227 e. The molecule has 2 rings (SSSR count). The van der Waals surface area contributed by atoms with Crippen molar-refractivity contribution in [2.24, 2.45) is 5.92 Å². The van der Waals surface area contributed by atoms with Crippen LogP contribution in [0.3, 0.4) is 0 Å². The van der Waals surface area contributed by atoms with E-state index in [-0.39, 0.29) is 17.7 Å². The van der Waals surface area contributed by atoms with E-state index in [9.17, 15) is 9.59 Å². The van der Waals surface area contributed by atoms with Gasteiger partial charge in [-0.05, 0) is 24.8 Å². The largest absolute Gasteiger partial charge is 0.342 e. The predicted octanol–water partition coefficient (Wildman–Crippen LogP) is 2.89. The zero-order chi connectivity index (χ0) is 17.4. The summed E-state index contributed by atoms with van der Waals surface area (Å²) in [6.45, 7) is 8.24. The van der Waals surface area contributed by atoms with Crippen LogP contribution in [0, 0.1) is 5.92 Å². The first-order valence-corrected chi connectivity index (χ1v) is 8.87. The van der Waals surface area contributed by atoms with Crippen molar-refractivity contribution in [1.29, 1.82) is 0 Å². The molecule has 0 saturated carbocycles. The number of piperidine rings is 1. The molecule has 0 bridgehead atoms. The molecule has 1 atom stereocenters. The van der Waals surface area contributed by atoms with Gasteiger partial charge in [-0.2, -0.15) is 0 Å². The van der Waals surface area contributed by atoms with Gasteiger partial charge in [0, 0.05) is 32.6 Å². The number of amides is 2. The molecule has 2 amide bonds. The molecule has 1 fully saturated rings. The first-order valence-electron chi connectivity index (χ1n) is 8.87. The first-order chi connectivity index (χ1) is 11.7. The summed E-state index contributed by atoms with van der Waals surface area (Å²) in [4.78, 5) is 28.6. The minimum absolute atomic E-state index is 0.0787. The van der Waals surface area contributed by atoms with Gasteiger partial charge in [-0.25, -0.2) is 0 Å². The fourth-order valence-corrected chi connectivity index (χ4v) is 3.24. The zero-order valence-corrected chi connectivity index (χ0v) is 14.6. The number of hydrogen-bond donors (Lipinski definition) is 0. The summed E-state index contributed by atoms with van der Waals surface area (Å²) in [5.41, 5.74) is 1.23. The van der Waals surface area contributed by atoms with E-state index in [0.29, 0.717) is 26.1 Å². The molecule has 0 spiro atoms. The standard InChI is InChI=1S/C20H28N2O2/c1-3-13-21(15-12-17-9-6-5-7-10-17)20(24)18-11-8-14-22(16-18)19(23)4-2/h3,5-7,9-10,18H,1,4,8,11-16H2,2H3/t18-/m0/s1. The maximum absolute atomic E-state index is 12.9. The summed E-state index contributed by atoms with van der Waals surface area (Å²) >= 11 is 0. The van der Waals surface area contributed by atoms with Crippen LogP contribution in [-0.4, -0.2) is 47.8 Å². The molecule has 24 heavy (non-hydrogen) atoms. The van der Waals surface area contributed by atoms with Crippen molar-refractivity contribution in [2.45, 2.75) is 32.6 Å². The Balaban J connectivity index is 1.97. The summed E-state index contributed by atoms with van der Waals surface area (Å²) in [5.74, 6) is 0.219. The second-order valence-electron chi connectivity index (χ2n) is 6.34. The molecular weight excluding hydrogens is 300 g/mol. The van der Waals surface area contributed by atoms with E-state index in [1.807, 2.05) is 34.9 Å². The van der Waals surface area contributed by atoms with Crippen LogP contribution in [0.25, 0.3) is 0 Å². The van der Waals surface area contributed by atoms with Gasteiger partial charge < -0.3 is 9.80 Å². The minimum atomic E-state index is -0.0787. The fraction of sp³-hybridized carbons (Fsp3) is 0.500. The van der Waals surface area contributed by atoms with Gasteiger partial charge >= 0.3 is 0 Å². The molecule has 1 aliphatic heterocycles. The minimum Gasteiger partial charge on any atom is -0.342 e. The Hall–Kier alpha value is -2.10. The summed E-state index contributed by atoms with van der Waals surface area (Å²) in [6.07, 6.45) is 4.89. The molecule has 0 radical (unpaired) electrons. The summed E-state index contributed by atoms with van der Waals surface area (Å²) < 4.78 is 0. The monoisotopic (exact) mass is 328 g/mol. The lowest BCUT2D eigenvalue weighted by atomic mass is 9.96. The van der Waals surface area contributed by atoms with E-state index in [4.69, 9.17) is 0 Å². The van der Waals surface area contributed by atoms with Crippen molar-refractivity contribution in [2.75, 3.05) is 26.2 Å². The van der Waals surface area contributed by atoms with E-state index in [0.717, 1.165) is 25.8 Å².